The van der Waals surface area contributed by atoms with Crippen LogP contribution in [0.2, 0.25) is 0 Å². The minimum absolute atomic E-state index is 0.283. The van der Waals surface area contributed by atoms with Crippen LogP contribution in [0.4, 0.5) is 5.69 Å². The standard InChI is InChI=1S/C16H19BrN2/c1-3-7-14(10-11-17)12-16(13-18)19(2)15-8-5-4-6-9-15/h3-9,12,14H,10-11H2,1-2H3/b7-3+,16-12-. The second-order valence-electron chi connectivity index (χ2n) is 4.23. The van der Waals surface area contributed by atoms with E-state index >= 15 is 0 Å². The van der Waals surface area contributed by atoms with Crippen molar-refractivity contribution in [2.24, 2.45) is 5.92 Å². The van der Waals surface area contributed by atoms with Gasteiger partial charge >= 0.3 is 0 Å². The first-order valence-electron chi connectivity index (χ1n) is 6.32. The summed E-state index contributed by atoms with van der Waals surface area (Å²) in [5, 5.41) is 10.3. The summed E-state index contributed by atoms with van der Waals surface area (Å²) in [6.45, 7) is 2.00. The Labute approximate surface area is 124 Å². The minimum atomic E-state index is 0.283. The Morgan fingerprint density at radius 3 is 2.63 bits per heavy atom. The quantitative estimate of drug-likeness (QED) is 0.438. The fourth-order valence-electron chi connectivity index (χ4n) is 1.83. The van der Waals surface area contributed by atoms with E-state index in [0.717, 1.165) is 17.4 Å². The summed E-state index contributed by atoms with van der Waals surface area (Å²) in [6.07, 6.45) is 7.16. The highest BCUT2D eigenvalue weighted by atomic mass is 79.9. The number of para-hydroxylation sites is 1. The van der Waals surface area contributed by atoms with Crippen LogP contribution in [0.1, 0.15) is 13.3 Å². The molecule has 1 aromatic carbocycles. The lowest BCUT2D eigenvalue weighted by molar-refractivity contribution is 0.777. The molecule has 1 atom stereocenters. The van der Waals surface area contributed by atoms with E-state index in [0.29, 0.717) is 5.70 Å². The fourth-order valence-corrected chi connectivity index (χ4v) is 2.35. The van der Waals surface area contributed by atoms with Gasteiger partial charge in [-0.25, -0.2) is 0 Å². The zero-order valence-corrected chi connectivity index (χ0v) is 13.0. The van der Waals surface area contributed by atoms with Crippen LogP contribution in [-0.4, -0.2) is 12.4 Å². The maximum Gasteiger partial charge on any atom is 0.117 e. The lowest BCUT2D eigenvalue weighted by atomic mass is 10.0. The number of alkyl halides is 1. The average molecular weight is 319 g/mol. The normalized spacial score (nSPS) is 13.3. The monoisotopic (exact) mass is 318 g/mol. The molecular formula is C16H19BrN2. The highest BCUT2D eigenvalue weighted by molar-refractivity contribution is 9.09. The maximum atomic E-state index is 9.35. The van der Waals surface area contributed by atoms with Crippen LogP contribution < -0.4 is 4.90 Å². The van der Waals surface area contributed by atoms with Crippen LogP contribution in [0, 0.1) is 17.2 Å². The summed E-state index contributed by atoms with van der Waals surface area (Å²) in [4.78, 5) is 1.92. The van der Waals surface area contributed by atoms with Crippen LogP contribution in [0.15, 0.2) is 54.3 Å². The molecule has 100 valence electrons. The molecule has 0 aliphatic heterocycles. The Hall–Kier alpha value is -1.53. The second-order valence-corrected chi connectivity index (χ2v) is 5.02. The predicted molar refractivity (Wildman–Crippen MR) is 85.3 cm³/mol. The van der Waals surface area contributed by atoms with Gasteiger partial charge in [0.15, 0.2) is 0 Å². The first-order chi connectivity index (χ1) is 9.22. The third-order valence-electron chi connectivity index (χ3n) is 2.87. The van der Waals surface area contributed by atoms with Crippen molar-refractivity contribution in [3.8, 4) is 6.07 Å². The van der Waals surface area contributed by atoms with Crippen molar-refractivity contribution in [1.29, 1.82) is 5.26 Å². The summed E-state index contributed by atoms with van der Waals surface area (Å²) in [7, 11) is 1.92. The molecule has 0 amide bonds. The number of nitrogens with zero attached hydrogens (tertiary/aromatic N) is 2. The second kappa shape index (κ2) is 8.55. The number of nitriles is 1. The van der Waals surface area contributed by atoms with E-state index in [4.69, 9.17) is 0 Å². The van der Waals surface area contributed by atoms with Gasteiger partial charge in [0.1, 0.15) is 11.8 Å². The number of benzene rings is 1. The molecule has 0 bridgehead atoms. The SMILES string of the molecule is C/C=C/C(/C=C(/C#N)N(C)c1ccccc1)CCBr. The zero-order valence-electron chi connectivity index (χ0n) is 11.4. The first kappa shape index (κ1) is 15.5. The lowest BCUT2D eigenvalue weighted by Crippen LogP contribution is -2.16. The van der Waals surface area contributed by atoms with E-state index in [1.54, 1.807) is 0 Å². The molecule has 0 aromatic heterocycles. The summed E-state index contributed by atoms with van der Waals surface area (Å²) in [6, 6.07) is 12.2. The molecule has 0 saturated heterocycles. The first-order valence-corrected chi connectivity index (χ1v) is 7.44. The summed E-state index contributed by atoms with van der Waals surface area (Å²) in [5.41, 5.74) is 1.70. The molecule has 3 heteroatoms. The van der Waals surface area contributed by atoms with E-state index in [9.17, 15) is 5.26 Å². The van der Waals surface area contributed by atoms with E-state index in [2.05, 4.69) is 28.1 Å². The van der Waals surface area contributed by atoms with Crippen molar-refractivity contribution in [3.63, 3.8) is 0 Å². The summed E-state index contributed by atoms with van der Waals surface area (Å²) < 4.78 is 0. The van der Waals surface area contributed by atoms with Crippen molar-refractivity contribution in [2.45, 2.75) is 13.3 Å². The van der Waals surface area contributed by atoms with E-state index in [-0.39, 0.29) is 5.92 Å². The zero-order chi connectivity index (χ0) is 14.1. The summed E-state index contributed by atoms with van der Waals surface area (Å²) in [5.74, 6) is 0.283. The van der Waals surface area contributed by atoms with Gasteiger partial charge in [-0.05, 0) is 37.5 Å². The van der Waals surface area contributed by atoms with Gasteiger partial charge in [0.25, 0.3) is 0 Å². The molecule has 0 N–H and O–H groups in total. The Bertz CT molecular complexity index is 471. The molecule has 0 radical (unpaired) electrons. The predicted octanol–water partition coefficient (Wildman–Crippen LogP) is 4.51. The van der Waals surface area contributed by atoms with E-state index < -0.39 is 0 Å². The van der Waals surface area contributed by atoms with Gasteiger partial charge in [-0.2, -0.15) is 5.26 Å². The van der Waals surface area contributed by atoms with Gasteiger partial charge in [0.05, 0.1) is 0 Å². The smallest absolute Gasteiger partial charge is 0.117 e. The number of halogens is 1. The molecule has 2 nitrogen and oxygen atoms in total. The van der Waals surface area contributed by atoms with Crippen LogP contribution in [0.3, 0.4) is 0 Å². The molecule has 0 spiro atoms. The Kier molecular flexibility index (Phi) is 6.99. The molecule has 0 saturated carbocycles. The van der Waals surface area contributed by atoms with Gasteiger partial charge in [0.2, 0.25) is 0 Å². The number of hydrogen-bond donors (Lipinski definition) is 0. The molecular weight excluding hydrogens is 300 g/mol. The van der Waals surface area contributed by atoms with Crippen LogP contribution in [0.25, 0.3) is 0 Å². The lowest BCUT2D eigenvalue weighted by Gasteiger charge is -2.19. The van der Waals surface area contributed by atoms with Gasteiger partial charge in [-0.1, -0.05) is 46.3 Å². The highest BCUT2D eigenvalue weighted by Crippen LogP contribution is 2.19. The molecule has 0 aliphatic rings. The molecule has 0 aliphatic carbocycles. The van der Waals surface area contributed by atoms with Gasteiger partial charge in [-0.3, -0.25) is 0 Å². The Morgan fingerprint density at radius 1 is 1.42 bits per heavy atom. The van der Waals surface area contributed by atoms with Crippen LogP contribution >= 0.6 is 15.9 Å². The average Bonchev–Trinajstić information content (AvgIpc) is 2.45. The van der Waals surface area contributed by atoms with Gasteiger partial charge in [0, 0.05) is 18.1 Å². The fraction of sp³-hybridized carbons (Fsp3) is 0.312. The number of rotatable bonds is 6. The number of anilines is 1. The third-order valence-corrected chi connectivity index (χ3v) is 3.33. The minimum Gasteiger partial charge on any atom is -0.336 e. The largest absolute Gasteiger partial charge is 0.336 e. The number of allylic oxidation sites excluding steroid dienone is 4. The summed E-state index contributed by atoms with van der Waals surface area (Å²) >= 11 is 3.45. The van der Waals surface area contributed by atoms with Crippen molar-refractivity contribution < 1.29 is 0 Å². The maximum absolute atomic E-state index is 9.35. The van der Waals surface area contributed by atoms with Crippen LogP contribution in [0.5, 0.6) is 0 Å². The van der Waals surface area contributed by atoms with Crippen molar-refractivity contribution in [1.82, 2.24) is 0 Å². The van der Waals surface area contributed by atoms with Crippen LogP contribution in [-0.2, 0) is 0 Å². The van der Waals surface area contributed by atoms with Crippen molar-refractivity contribution in [3.05, 3.63) is 54.3 Å². The van der Waals surface area contributed by atoms with Crippen molar-refractivity contribution in [2.75, 3.05) is 17.3 Å². The molecule has 1 unspecified atom stereocenters. The topological polar surface area (TPSA) is 27.0 Å². The molecule has 1 aromatic rings. The van der Waals surface area contributed by atoms with Gasteiger partial charge < -0.3 is 4.90 Å². The van der Waals surface area contributed by atoms with Crippen molar-refractivity contribution >= 4 is 21.6 Å². The molecule has 1 rings (SSSR count). The van der Waals surface area contributed by atoms with E-state index in [1.165, 1.54) is 0 Å². The van der Waals surface area contributed by atoms with E-state index in [1.807, 2.05) is 61.4 Å². The molecule has 0 heterocycles. The Balaban J connectivity index is 2.96. The molecule has 19 heavy (non-hydrogen) atoms. The molecule has 0 fully saturated rings. The third kappa shape index (κ3) is 4.92. The number of hydrogen-bond acceptors (Lipinski definition) is 2. The highest BCUT2D eigenvalue weighted by Gasteiger charge is 2.09. The van der Waals surface area contributed by atoms with Gasteiger partial charge in [-0.15, -0.1) is 0 Å². The Morgan fingerprint density at radius 2 is 2.11 bits per heavy atom.